The van der Waals surface area contributed by atoms with Crippen molar-refractivity contribution in [2.45, 2.75) is 31.9 Å². The number of carbonyl (C=O) groups is 1. The van der Waals surface area contributed by atoms with E-state index < -0.39 is 6.10 Å². The van der Waals surface area contributed by atoms with Gasteiger partial charge in [0.05, 0.1) is 12.6 Å². The zero-order chi connectivity index (χ0) is 13.8. The second-order valence-electron chi connectivity index (χ2n) is 4.69. The monoisotopic (exact) mass is 306 g/mol. The Morgan fingerprint density at radius 3 is 2.85 bits per heavy atom. The van der Waals surface area contributed by atoms with Crippen molar-refractivity contribution in [3.63, 3.8) is 0 Å². The molecule has 3 atom stereocenters. The van der Waals surface area contributed by atoms with Crippen molar-refractivity contribution in [1.29, 1.82) is 0 Å². The van der Waals surface area contributed by atoms with Gasteiger partial charge in [-0.3, -0.25) is 4.79 Å². The number of aliphatic hydroxyl groups is 1. The average Bonchev–Trinajstić information content (AvgIpc) is 2.92. The van der Waals surface area contributed by atoms with Crippen LogP contribution in [0.5, 0.6) is 5.88 Å². The minimum atomic E-state index is -0.587. The van der Waals surface area contributed by atoms with E-state index in [0.717, 1.165) is 0 Å². The van der Waals surface area contributed by atoms with Gasteiger partial charge in [-0.1, -0.05) is 5.16 Å². The first-order valence-electron chi connectivity index (χ1n) is 6.21. The van der Waals surface area contributed by atoms with E-state index in [1.54, 1.807) is 6.92 Å². The van der Waals surface area contributed by atoms with Crippen molar-refractivity contribution in [1.82, 2.24) is 15.6 Å². The highest BCUT2D eigenvalue weighted by Crippen LogP contribution is 2.24. The third-order valence-electron chi connectivity index (χ3n) is 3.20. The highest BCUT2D eigenvalue weighted by atomic mass is 35.5. The molecule has 9 heteroatoms. The summed E-state index contributed by atoms with van der Waals surface area (Å²) in [5, 5.41) is 19.4. The smallest absolute Gasteiger partial charge is 0.278 e. The third-order valence-corrected chi connectivity index (χ3v) is 3.20. The molecule has 1 aromatic heterocycles. The Hall–Kier alpha value is -1.38. The standard InChI is InChI=1S/C11H18N4O4.ClH/c1-6-11(15-19-14-6)18-3-2-13-10(17)7-4-8(12)9(16)5-7;/h7-9,16H,2-5,12H2,1H3,(H,13,17);1H/t7-,8+,9+;/m0./s1. The van der Waals surface area contributed by atoms with Crippen LogP contribution in [0.3, 0.4) is 0 Å². The topological polar surface area (TPSA) is 124 Å². The van der Waals surface area contributed by atoms with E-state index in [1.165, 1.54) is 0 Å². The number of nitrogens with two attached hydrogens (primary N) is 1. The maximum atomic E-state index is 11.8. The summed E-state index contributed by atoms with van der Waals surface area (Å²) in [5.74, 6) is -0.00128. The zero-order valence-corrected chi connectivity index (χ0v) is 11.9. The van der Waals surface area contributed by atoms with Crippen molar-refractivity contribution in [2.24, 2.45) is 11.7 Å². The lowest BCUT2D eigenvalue weighted by Gasteiger charge is -2.10. The second-order valence-corrected chi connectivity index (χ2v) is 4.69. The Morgan fingerprint density at radius 1 is 1.55 bits per heavy atom. The molecule has 0 saturated heterocycles. The molecule has 1 amide bonds. The van der Waals surface area contributed by atoms with Gasteiger partial charge in [-0.05, 0) is 24.9 Å². The average molecular weight is 307 g/mol. The first-order chi connectivity index (χ1) is 9.08. The highest BCUT2D eigenvalue weighted by molar-refractivity contribution is 5.85. The molecule has 0 spiro atoms. The number of halogens is 1. The number of hydrogen-bond acceptors (Lipinski definition) is 7. The summed E-state index contributed by atoms with van der Waals surface area (Å²) in [7, 11) is 0. The zero-order valence-electron chi connectivity index (χ0n) is 11.1. The van der Waals surface area contributed by atoms with Crippen LogP contribution in [0.2, 0.25) is 0 Å². The normalized spacial score (nSPS) is 25.1. The molecule has 1 fully saturated rings. The molecule has 8 nitrogen and oxygen atoms in total. The van der Waals surface area contributed by atoms with E-state index in [0.29, 0.717) is 31.0 Å². The van der Waals surface area contributed by atoms with Crippen LogP contribution in [0, 0.1) is 12.8 Å². The molecule has 0 aromatic carbocycles. The van der Waals surface area contributed by atoms with Gasteiger partial charge >= 0.3 is 0 Å². The molecule has 1 aromatic rings. The fourth-order valence-electron chi connectivity index (χ4n) is 2.08. The number of amides is 1. The summed E-state index contributed by atoms with van der Waals surface area (Å²) < 4.78 is 9.75. The van der Waals surface area contributed by atoms with Crippen LogP contribution in [-0.4, -0.2) is 46.6 Å². The molecule has 1 aliphatic rings. The molecule has 114 valence electrons. The fraction of sp³-hybridized carbons (Fsp3) is 0.727. The third kappa shape index (κ3) is 4.06. The summed E-state index contributed by atoms with van der Waals surface area (Å²) in [4.78, 5) is 11.8. The van der Waals surface area contributed by atoms with Crippen molar-refractivity contribution >= 4 is 18.3 Å². The van der Waals surface area contributed by atoms with Gasteiger partial charge in [-0.15, -0.1) is 12.4 Å². The van der Waals surface area contributed by atoms with Gasteiger partial charge < -0.3 is 20.9 Å². The predicted molar refractivity (Wildman–Crippen MR) is 71.5 cm³/mol. The SMILES string of the molecule is Cc1nonc1OCCNC(=O)[C@H]1C[C@@H](N)[C@H](O)C1.Cl. The second kappa shape index (κ2) is 7.41. The number of nitrogens with zero attached hydrogens (tertiary/aromatic N) is 2. The number of carbonyl (C=O) groups excluding carboxylic acids is 1. The minimum Gasteiger partial charge on any atom is -0.472 e. The molecule has 0 bridgehead atoms. The van der Waals surface area contributed by atoms with Crippen molar-refractivity contribution in [3.05, 3.63) is 5.69 Å². The molecule has 0 radical (unpaired) electrons. The molecule has 2 rings (SSSR count). The van der Waals surface area contributed by atoms with Crippen LogP contribution in [0.1, 0.15) is 18.5 Å². The van der Waals surface area contributed by atoms with Crippen molar-refractivity contribution in [2.75, 3.05) is 13.2 Å². The lowest BCUT2D eigenvalue weighted by atomic mass is 10.1. The Morgan fingerprint density at radius 2 is 2.30 bits per heavy atom. The molecule has 0 unspecified atom stereocenters. The van der Waals surface area contributed by atoms with Crippen LogP contribution >= 0.6 is 12.4 Å². The van der Waals surface area contributed by atoms with Gasteiger partial charge in [0, 0.05) is 12.0 Å². The highest BCUT2D eigenvalue weighted by Gasteiger charge is 2.34. The largest absolute Gasteiger partial charge is 0.472 e. The van der Waals surface area contributed by atoms with E-state index in [1.807, 2.05) is 0 Å². The van der Waals surface area contributed by atoms with E-state index in [9.17, 15) is 9.90 Å². The molecule has 4 N–H and O–H groups in total. The van der Waals surface area contributed by atoms with Crippen molar-refractivity contribution in [3.8, 4) is 5.88 Å². The molecule has 1 aliphatic carbocycles. The minimum absolute atomic E-state index is 0. The summed E-state index contributed by atoms with van der Waals surface area (Å²) in [5.41, 5.74) is 6.23. The lowest BCUT2D eigenvalue weighted by Crippen LogP contribution is -2.33. The van der Waals surface area contributed by atoms with Crippen LogP contribution in [-0.2, 0) is 4.79 Å². The quantitative estimate of drug-likeness (QED) is 0.620. The first-order valence-corrected chi connectivity index (χ1v) is 6.21. The van der Waals surface area contributed by atoms with Gasteiger partial charge in [0.25, 0.3) is 5.88 Å². The Labute approximate surface area is 122 Å². The molecule has 1 saturated carbocycles. The number of aromatic nitrogens is 2. The summed E-state index contributed by atoms with van der Waals surface area (Å²) in [6.07, 6.45) is 0.344. The Kier molecular flexibility index (Phi) is 6.18. The van der Waals surface area contributed by atoms with Crippen LogP contribution in [0.15, 0.2) is 4.63 Å². The summed E-state index contributed by atoms with van der Waals surface area (Å²) in [6, 6.07) is -0.309. The number of aliphatic hydroxyl groups excluding tert-OH is 1. The van der Waals surface area contributed by atoms with Crippen LogP contribution in [0.25, 0.3) is 0 Å². The van der Waals surface area contributed by atoms with Gasteiger partial charge in [-0.25, -0.2) is 4.63 Å². The number of hydrogen-bond donors (Lipinski definition) is 3. The van der Waals surface area contributed by atoms with E-state index >= 15 is 0 Å². The van der Waals surface area contributed by atoms with Crippen LogP contribution < -0.4 is 15.8 Å². The Bertz CT molecular complexity index is 432. The summed E-state index contributed by atoms with van der Waals surface area (Å²) >= 11 is 0. The van der Waals surface area contributed by atoms with E-state index in [-0.39, 0.29) is 36.9 Å². The van der Waals surface area contributed by atoms with E-state index in [2.05, 4.69) is 20.3 Å². The first kappa shape index (κ1) is 16.7. The maximum Gasteiger partial charge on any atom is 0.278 e. The molecular weight excluding hydrogens is 288 g/mol. The number of rotatable bonds is 5. The Balaban J connectivity index is 0.00000200. The van der Waals surface area contributed by atoms with Gasteiger partial charge in [0.1, 0.15) is 12.3 Å². The molecular formula is C11H19ClN4O4. The van der Waals surface area contributed by atoms with Gasteiger partial charge in [0.15, 0.2) is 0 Å². The molecule has 1 heterocycles. The maximum absolute atomic E-state index is 11.8. The van der Waals surface area contributed by atoms with Gasteiger partial charge in [0.2, 0.25) is 5.91 Å². The predicted octanol–water partition coefficient (Wildman–Crippen LogP) is -0.607. The molecule has 0 aliphatic heterocycles. The number of ether oxygens (including phenoxy) is 1. The lowest BCUT2D eigenvalue weighted by molar-refractivity contribution is -0.125. The van der Waals surface area contributed by atoms with E-state index in [4.69, 9.17) is 10.5 Å². The van der Waals surface area contributed by atoms with Crippen LogP contribution in [0.4, 0.5) is 0 Å². The number of nitrogens with one attached hydrogen (secondary N) is 1. The number of aryl methyl sites for hydroxylation is 1. The van der Waals surface area contributed by atoms with Crippen molar-refractivity contribution < 1.29 is 19.3 Å². The van der Waals surface area contributed by atoms with Gasteiger partial charge in [-0.2, -0.15) is 0 Å². The fourth-order valence-corrected chi connectivity index (χ4v) is 2.08. The summed E-state index contributed by atoms with van der Waals surface area (Å²) in [6.45, 7) is 2.35. The molecule has 20 heavy (non-hydrogen) atoms.